The summed E-state index contributed by atoms with van der Waals surface area (Å²) in [4.78, 5) is 0. The molecular formula is C16H11Cl3N4. The third-order valence-corrected chi connectivity index (χ3v) is 4.13. The summed E-state index contributed by atoms with van der Waals surface area (Å²) < 4.78 is 0. The van der Waals surface area contributed by atoms with Crippen molar-refractivity contribution in [2.45, 2.75) is 6.92 Å². The average molecular weight is 366 g/mol. The molecule has 0 radical (unpaired) electrons. The minimum atomic E-state index is 0.352. The predicted octanol–water partition coefficient (Wildman–Crippen LogP) is 5.43. The molecule has 1 heterocycles. The van der Waals surface area contributed by atoms with E-state index in [9.17, 15) is 0 Å². The van der Waals surface area contributed by atoms with E-state index in [0.717, 1.165) is 16.3 Å². The van der Waals surface area contributed by atoms with Crippen LogP contribution in [0.2, 0.25) is 15.2 Å². The quantitative estimate of drug-likeness (QED) is 0.497. The Morgan fingerprint density at radius 2 is 1.74 bits per heavy atom. The number of benzene rings is 2. The van der Waals surface area contributed by atoms with E-state index in [1.54, 1.807) is 18.2 Å². The third kappa shape index (κ3) is 3.39. The van der Waals surface area contributed by atoms with Crippen LogP contribution in [0.4, 0.5) is 5.82 Å². The number of hydrogen-bond acceptors (Lipinski definition) is 4. The zero-order valence-corrected chi connectivity index (χ0v) is 14.3. The van der Waals surface area contributed by atoms with Crippen molar-refractivity contribution in [3.05, 3.63) is 63.2 Å². The smallest absolute Gasteiger partial charge is 0.176 e. The normalized spacial score (nSPS) is 11.7. The van der Waals surface area contributed by atoms with Crippen LogP contribution >= 0.6 is 34.8 Å². The van der Waals surface area contributed by atoms with Crippen LogP contribution in [0.25, 0.3) is 10.8 Å². The maximum absolute atomic E-state index is 6.18. The topological polar surface area (TPSA) is 50.2 Å². The first-order valence-corrected chi connectivity index (χ1v) is 7.86. The zero-order valence-electron chi connectivity index (χ0n) is 12.0. The molecule has 0 atom stereocenters. The van der Waals surface area contributed by atoms with Gasteiger partial charge in [-0.1, -0.05) is 59.1 Å². The second kappa shape index (κ2) is 6.71. The summed E-state index contributed by atoms with van der Waals surface area (Å²) in [6, 6.07) is 12.8. The van der Waals surface area contributed by atoms with Crippen molar-refractivity contribution in [2.75, 3.05) is 5.43 Å². The van der Waals surface area contributed by atoms with Crippen LogP contribution in [0, 0.1) is 0 Å². The highest BCUT2D eigenvalue weighted by atomic mass is 35.5. The van der Waals surface area contributed by atoms with E-state index in [-0.39, 0.29) is 0 Å². The van der Waals surface area contributed by atoms with Gasteiger partial charge in [0.2, 0.25) is 0 Å². The van der Waals surface area contributed by atoms with Crippen molar-refractivity contribution < 1.29 is 0 Å². The molecule has 3 aromatic rings. The van der Waals surface area contributed by atoms with Gasteiger partial charge in [-0.2, -0.15) is 5.10 Å². The first-order chi connectivity index (χ1) is 11.1. The molecule has 4 nitrogen and oxygen atoms in total. The molecule has 0 aliphatic heterocycles. The third-order valence-electron chi connectivity index (χ3n) is 3.29. The molecule has 0 bridgehead atoms. The molecule has 0 spiro atoms. The Kier molecular flexibility index (Phi) is 4.66. The van der Waals surface area contributed by atoms with Gasteiger partial charge in [-0.05, 0) is 25.1 Å². The fourth-order valence-electron chi connectivity index (χ4n) is 2.13. The number of rotatable bonds is 3. The standard InChI is InChI=1S/C16H11Cl3N4/c1-9(13-8-10(17)6-7-14(13)18)20-22-16-12-5-3-2-4-11(12)15(19)21-23-16/h2-8H,1H3,(H,22,23)/b20-9+. The lowest BCUT2D eigenvalue weighted by molar-refractivity contribution is 1.04. The van der Waals surface area contributed by atoms with Gasteiger partial charge in [0.15, 0.2) is 11.0 Å². The Labute approximate surface area is 148 Å². The first-order valence-electron chi connectivity index (χ1n) is 6.73. The molecule has 0 unspecified atom stereocenters. The van der Waals surface area contributed by atoms with Gasteiger partial charge in [0.25, 0.3) is 0 Å². The van der Waals surface area contributed by atoms with Crippen LogP contribution in [0.1, 0.15) is 12.5 Å². The monoisotopic (exact) mass is 364 g/mol. The number of aromatic nitrogens is 2. The van der Waals surface area contributed by atoms with Crippen molar-refractivity contribution in [3.63, 3.8) is 0 Å². The van der Waals surface area contributed by atoms with E-state index in [4.69, 9.17) is 34.8 Å². The zero-order chi connectivity index (χ0) is 16.4. The summed E-state index contributed by atoms with van der Waals surface area (Å²) in [5, 5.41) is 15.5. The van der Waals surface area contributed by atoms with E-state index >= 15 is 0 Å². The second-order valence-electron chi connectivity index (χ2n) is 4.82. The minimum Gasteiger partial charge on any atom is -0.259 e. The first kappa shape index (κ1) is 16.0. The Balaban J connectivity index is 1.97. The van der Waals surface area contributed by atoms with Crippen molar-refractivity contribution >= 4 is 57.1 Å². The van der Waals surface area contributed by atoms with Crippen LogP contribution in [0.15, 0.2) is 47.6 Å². The van der Waals surface area contributed by atoms with Gasteiger partial charge < -0.3 is 0 Å². The van der Waals surface area contributed by atoms with Gasteiger partial charge in [-0.25, -0.2) is 0 Å². The largest absolute Gasteiger partial charge is 0.259 e. The lowest BCUT2D eigenvalue weighted by Gasteiger charge is -2.07. The number of hydrogen-bond donors (Lipinski definition) is 1. The Hall–Kier alpha value is -1.88. The fraction of sp³-hybridized carbons (Fsp3) is 0.0625. The molecular weight excluding hydrogens is 355 g/mol. The molecule has 0 aliphatic carbocycles. The van der Waals surface area contributed by atoms with Crippen molar-refractivity contribution in [1.82, 2.24) is 10.2 Å². The van der Waals surface area contributed by atoms with E-state index in [1.807, 2.05) is 31.2 Å². The lowest BCUT2D eigenvalue weighted by atomic mass is 10.1. The highest BCUT2D eigenvalue weighted by Gasteiger charge is 2.08. The number of halogens is 3. The van der Waals surface area contributed by atoms with Crippen LogP contribution in [0.3, 0.4) is 0 Å². The average Bonchev–Trinajstić information content (AvgIpc) is 2.56. The van der Waals surface area contributed by atoms with Gasteiger partial charge >= 0.3 is 0 Å². The van der Waals surface area contributed by atoms with E-state index in [2.05, 4.69) is 20.7 Å². The molecule has 116 valence electrons. The SMILES string of the molecule is C/C(=N\Nc1nnc(Cl)c2ccccc12)c1cc(Cl)ccc1Cl. The molecule has 0 fully saturated rings. The molecule has 0 aliphatic rings. The highest BCUT2D eigenvalue weighted by Crippen LogP contribution is 2.26. The maximum Gasteiger partial charge on any atom is 0.176 e. The molecule has 1 aromatic heterocycles. The van der Waals surface area contributed by atoms with Gasteiger partial charge in [0.05, 0.1) is 5.71 Å². The van der Waals surface area contributed by atoms with E-state index in [0.29, 0.717) is 26.7 Å². The summed E-state index contributed by atoms with van der Waals surface area (Å²) in [6.45, 7) is 1.83. The molecule has 1 N–H and O–H groups in total. The maximum atomic E-state index is 6.18. The number of fused-ring (bicyclic) bond motifs is 1. The highest BCUT2D eigenvalue weighted by molar-refractivity contribution is 6.36. The number of nitrogens with zero attached hydrogens (tertiary/aromatic N) is 3. The summed E-state index contributed by atoms with van der Waals surface area (Å²) in [6.07, 6.45) is 0. The van der Waals surface area contributed by atoms with Crippen LogP contribution in [0.5, 0.6) is 0 Å². The van der Waals surface area contributed by atoms with Gasteiger partial charge in [-0.15, -0.1) is 10.2 Å². The van der Waals surface area contributed by atoms with Crippen molar-refractivity contribution in [3.8, 4) is 0 Å². The molecule has 0 saturated carbocycles. The number of anilines is 1. The number of nitrogens with one attached hydrogen (secondary N) is 1. The Morgan fingerprint density at radius 1 is 1.00 bits per heavy atom. The fourth-order valence-corrected chi connectivity index (χ4v) is 2.75. The minimum absolute atomic E-state index is 0.352. The summed E-state index contributed by atoms with van der Waals surface area (Å²) >= 11 is 18.2. The van der Waals surface area contributed by atoms with Crippen LogP contribution in [-0.4, -0.2) is 15.9 Å². The summed E-state index contributed by atoms with van der Waals surface area (Å²) in [5.41, 5.74) is 4.34. The molecule has 3 rings (SSSR count). The lowest BCUT2D eigenvalue weighted by Crippen LogP contribution is -2.03. The van der Waals surface area contributed by atoms with Gasteiger partial charge in [0, 0.05) is 26.4 Å². The Morgan fingerprint density at radius 3 is 2.52 bits per heavy atom. The molecule has 23 heavy (non-hydrogen) atoms. The summed E-state index contributed by atoms with van der Waals surface area (Å²) in [5.74, 6) is 0.516. The molecule has 0 amide bonds. The molecule has 0 saturated heterocycles. The van der Waals surface area contributed by atoms with E-state index < -0.39 is 0 Å². The van der Waals surface area contributed by atoms with Gasteiger partial charge in [-0.3, -0.25) is 5.43 Å². The van der Waals surface area contributed by atoms with E-state index in [1.165, 1.54) is 0 Å². The second-order valence-corrected chi connectivity index (χ2v) is 6.02. The Bertz CT molecular complexity index is 909. The van der Waals surface area contributed by atoms with Crippen molar-refractivity contribution in [2.24, 2.45) is 5.10 Å². The van der Waals surface area contributed by atoms with Crippen LogP contribution < -0.4 is 5.43 Å². The van der Waals surface area contributed by atoms with Crippen LogP contribution in [-0.2, 0) is 0 Å². The molecule has 2 aromatic carbocycles. The predicted molar refractivity (Wildman–Crippen MR) is 96.8 cm³/mol. The van der Waals surface area contributed by atoms with Crippen molar-refractivity contribution in [1.29, 1.82) is 0 Å². The number of hydrazone groups is 1. The molecule has 7 heteroatoms. The summed E-state index contributed by atoms with van der Waals surface area (Å²) in [7, 11) is 0. The van der Waals surface area contributed by atoms with Gasteiger partial charge in [0.1, 0.15) is 0 Å².